The number of rotatable bonds is 6. The molecular formula is C18H24IN3O2. The second-order valence-corrected chi connectivity index (χ2v) is 5.73. The highest BCUT2D eigenvalue weighted by Gasteiger charge is 2.15. The molecule has 0 aliphatic rings. The van der Waals surface area contributed by atoms with Crippen LogP contribution in [0, 0.1) is 0 Å². The van der Waals surface area contributed by atoms with E-state index in [9.17, 15) is 0 Å². The molecule has 3 N–H and O–H groups in total. The number of nitrogens with two attached hydrogens (primary N) is 1. The molecule has 0 spiro atoms. The second kappa shape index (κ2) is 9.48. The molecule has 0 bridgehead atoms. The quantitative estimate of drug-likeness (QED) is 0.400. The van der Waals surface area contributed by atoms with Crippen molar-refractivity contribution in [2.24, 2.45) is 10.7 Å². The van der Waals surface area contributed by atoms with Gasteiger partial charge in [-0.05, 0) is 38.1 Å². The van der Waals surface area contributed by atoms with Gasteiger partial charge in [0.1, 0.15) is 11.5 Å². The maximum atomic E-state index is 5.91. The highest BCUT2D eigenvalue weighted by atomic mass is 127. The fourth-order valence-corrected chi connectivity index (χ4v) is 1.79. The Balaban J connectivity index is 0.00000288. The van der Waals surface area contributed by atoms with Crippen LogP contribution in [0.15, 0.2) is 59.6 Å². The first-order valence-electron chi connectivity index (χ1n) is 7.43. The molecule has 2 rings (SSSR count). The van der Waals surface area contributed by atoms with Gasteiger partial charge in [0.2, 0.25) is 0 Å². The van der Waals surface area contributed by atoms with E-state index in [-0.39, 0.29) is 29.6 Å². The van der Waals surface area contributed by atoms with Crippen molar-refractivity contribution in [3.8, 4) is 11.5 Å². The summed E-state index contributed by atoms with van der Waals surface area (Å²) >= 11 is 0. The molecule has 5 nitrogen and oxygen atoms in total. The van der Waals surface area contributed by atoms with Gasteiger partial charge in [-0.25, -0.2) is 0 Å². The van der Waals surface area contributed by atoms with Gasteiger partial charge in [0, 0.05) is 18.9 Å². The normalized spacial score (nSPS) is 11.5. The monoisotopic (exact) mass is 441 g/mol. The average Bonchev–Trinajstić information content (AvgIpc) is 2.54. The Kier molecular flexibility index (Phi) is 8.00. The summed E-state index contributed by atoms with van der Waals surface area (Å²) in [5, 5.41) is 3.06. The number of anilines is 1. The van der Waals surface area contributed by atoms with E-state index < -0.39 is 0 Å². The van der Waals surface area contributed by atoms with Crippen LogP contribution in [0.1, 0.15) is 13.8 Å². The summed E-state index contributed by atoms with van der Waals surface area (Å²) in [7, 11) is 1.66. The molecular weight excluding hydrogens is 417 g/mol. The molecule has 0 unspecified atom stereocenters. The Morgan fingerprint density at radius 3 is 2.42 bits per heavy atom. The number of benzene rings is 2. The van der Waals surface area contributed by atoms with E-state index in [0.29, 0.717) is 12.5 Å². The van der Waals surface area contributed by atoms with Gasteiger partial charge in [0.05, 0.1) is 12.1 Å². The van der Waals surface area contributed by atoms with Crippen LogP contribution in [0.25, 0.3) is 0 Å². The third-order valence-electron chi connectivity index (χ3n) is 3.27. The molecule has 0 saturated carbocycles. The number of nitrogens with zero attached hydrogens (tertiary/aromatic N) is 1. The molecule has 0 aliphatic heterocycles. The maximum Gasteiger partial charge on any atom is 0.193 e. The van der Waals surface area contributed by atoms with Crippen LogP contribution in [0.5, 0.6) is 11.5 Å². The van der Waals surface area contributed by atoms with Gasteiger partial charge in [0.15, 0.2) is 5.96 Å². The zero-order chi connectivity index (χ0) is 16.7. The molecule has 0 radical (unpaired) electrons. The first kappa shape index (κ1) is 20.2. The van der Waals surface area contributed by atoms with Crippen molar-refractivity contribution < 1.29 is 9.47 Å². The van der Waals surface area contributed by atoms with E-state index in [2.05, 4.69) is 10.3 Å². The zero-order valence-electron chi connectivity index (χ0n) is 14.2. The molecule has 24 heavy (non-hydrogen) atoms. The van der Waals surface area contributed by atoms with Gasteiger partial charge < -0.3 is 20.5 Å². The predicted molar refractivity (Wildman–Crippen MR) is 110 cm³/mol. The van der Waals surface area contributed by atoms with Gasteiger partial charge in [-0.2, -0.15) is 0 Å². The van der Waals surface area contributed by atoms with Crippen molar-refractivity contribution in [1.82, 2.24) is 0 Å². The molecule has 2 aromatic rings. The molecule has 2 aromatic carbocycles. The summed E-state index contributed by atoms with van der Waals surface area (Å²) < 4.78 is 11.1. The lowest BCUT2D eigenvalue weighted by Gasteiger charge is -2.20. The molecule has 0 fully saturated rings. The van der Waals surface area contributed by atoms with Gasteiger partial charge in [-0.1, -0.05) is 24.3 Å². The number of aliphatic imine (C=N–C) groups is 1. The summed E-state index contributed by atoms with van der Waals surface area (Å²) in [6, 6.07) is 17.2. The summed E-state index contributed by atoms with van der Waals surface area (Å²) in [6.07, 6.45) is 0. The van der Waals surface area contributed by atoms with Crippen LogP contribution in [0.3, 0.4) is 0 Å². The smallest absolute Gasteiger partial charge is 0.193 e. The first-order chi connectivity index (χ1) is 11.0. The van der Waals surface area contributed by atoms with Crippen molar-refractivity contribution in [1.29, 1.82) is 0 Å². The number of guanidine groups is 1. The number of hydrogen-bond donors (Lipinski definition) is 2. The number of ether oxygens (including phenoxy) is 2. The van der Waals surface area contributed by atoms with Crippen LogP contribution in [0.2, 0.25) is 0 Å². The Morgan fingerprint density at radius 1 is 1.08 bits per heavy atom. The number of hydrogen-bond acceptors (Lipinski definition) is 3. The lowest BCUT2D eigenvalue weighted by atomic mass is 10.1. The SMILES string of the molecule is COC(C)(C)CN=C(N)Nc1cccc(Oc2ccccc2)c1.I. The van der Waals surface area contributed by atoms with Crippen molar-refractivity contribution >= 4 is 35.6 Å². The van der Waals surface area contributed by atoms with Gasteiger partial charge in [-0.15, -0.1) is 24.0 Å². The molecule has 130 valence electrons. The minimum absolute atomic E-state index is 0. The minimum atomic E-state index is -0.343. The number of para-hydroxylation sites is 1. The Labute approximate surface area is 160 Å². The van der Waals surface area contributed by atoms with Crippen LogP contribution in [-0.2, 0) is 4.74 Å². The number of methoxy groups -OCH3 is 1. The van der Waals surface area contributed by atoms with Crippen molar-refractivity contribution in [3.05, 3.63) is 54.6 Å². The Bertz CT molecular complexity index is 660. The number of halogens is 1. The van der Waals surface area contributed by atoms with Crippen molar-refractivity contribution in [3.63, 3.8) is 0 Å². The third-order valence-corrected chi connectivity index (χ3v) is 3.27. The van der Waals surface area contributed by atoms with Gasteiger partial charge in [-0.3, -0.25) is 4.99 Å². The highest BCUT2D eigenvalue weighted by molar-refractivity contribution is 14.0. The molecule has 0 aromatic heterocycles. The van der Waals surface area contributed by atoms with E-state index in [0.717, 1.165) is 17.2 Å². The van der Waals surface area contributed by atoms with E-state index in [1.165, 1.54) is 0 Å². The molecule has 0 saturated heterocycles. The average molecular weight is 441 g/mol. The lowest BCUT2D eigenvalue weighted by molar-refractivity contribution is 0.0312. The largest absolute Gasteiger partial charge is 0.457 e. The van der Waals surface area contributed by atoms with Crippen molar-refractivity contribution in [2.45, 2.75) is 19.4 Å². The highest BCUT2D eigenvalue weighted by Crippen LogP contribution is 2.23. The van der Waals surface area contributed by atoms with E-state index in [1.807, 2.05) is 68.4 Å². The Hall–Kier alpha value is -1.80. The summed E-state index contributed by atoms with van der Waals surface area (Å²) in [6.45, 7) is 4.39. The first-order valence-corrected chi connectivity index (χ1v) is 7.43. The van der Waals surface area contributed by atoms with Crippen LogP contribution in [0.4, 0.5) is 5.69 Å². The molecule has 0 amide bonds. The summed E-state index contributed by atoms with van der Waals surface area (Å²) in [4.78, 5) is 4.29. The summed E-state index contributed by atoms with van der Waals surface area (Å²) in [5.41, 5.74) is 6.38. The van der Waals surface area contributed by atoms with E-state index in [1.54, 1.807) is 7.11 Å². The summed E-state index contributed by atoms with van der Waals surface area (Å²) in [5.74, 6) is 1.85. The molecule has 0 aliphatic carbocycles. The Morgan fingerprint density at radius 2 is 1.75 bits per heavy atom. The maximum absolute atomic E-state index is 5.91. The van der Waals surface area contributed by atoms with Crippen LogP contribution in [-0.4, -0.2) is 25.2 Å². The zero-order valence-corrected chi connectivity index (χ0v) is 16.5. The fourth-order valence-electron chi connectivity index (χ4n) is 1.79. The van der Waals surface area contributed by atoms with E-state index >= 15 is 0 Å². The molecule has 0 heterocycles. The van der Waals surface area contributed by atoms with Crippen molar-refractivity contribution in [2.75, 3.05) is 19.0 Å². The lowest BCUT2D eigenvalue weighted by Crippen LogP contribution is -2.30. The van der Waals surface area contributed by atoms with E-state index in [4.69, 9.17) is 15.2 Å². The minimum Gasteiger partial charge on any atom is -0.457 e. The van der Waals surface area contributed by atoms with Crippen LogP contribution < -0.4 is 15.8 Å². The molecule has 6 heteroatoms. The van der Waals surface area contributed by atoms with Gasteiger partial charge in [0.25, 0.3) is 0 Å². The standard InChI is InChI=1S/C18H23N3O2.HI/c1-18(2,22-3)13-20-17(19)21-14-8-7-11-16(12-14)23-15-9-5-4-6-10-15;/h4-12H,13H2,1-3H3,(H3,19,20,21);1H. The fraction of sp³-hybridized carbons (Fsp3) is 0.278. The molecule has 0 atom stereocenters. The van der Waals surface area contributed by atoms with Gasteiger partial charge >= 0.3 is 0 Å². The predicted octanol–water partition coefficient (Wildman–Crippen LogP) is 4.25. The second-order valence-electron chi connectivity index (χ2n) is 5.73. The topological polar surface area (TPSA) is 68.9 Å². The number of nitrogens with one attached hydrogen (secondary N) is 1. The third kappa shape index (κ3) is 6.76. The van der Waals surface area contributed by atoms with Crippen LogP contribution >= 0.6 is 24.0 Å².